The van der Waals surface area contributed by atoms with E-state index >= 15 is 0 Å². The van der Waals surface area contributed by atoms with Gasteiger partial charge in [-0.3, -0.25) is 0 Å². The van der Waals surface area contributed by atoms with Crippen molar-refractivity contribution in [2.24, 2.45) is 0 Å². The summed E-state index contributed by atoms with van der Waals surface area (Å²) in [6.45, 7) is 4.16. The molecule has 0 bridgehead atoms. The number of benzene rings is 1. The van der Waals surface area contributed by atoms with E-state index in [9.17, 15) is 30.0 Å². The van der Waals surface area contributed by atoms with Crippen LogP contribution in [0.1, 0.15) is 51.7 Å². The van der Waals surface area contributed by atoms with Gasteiger partial charge in [0.25, 0.3) is 0 Å². The van der Waals surface area contributed by atoms with Crippen LogP contribution in [-0.4, -0.2) is 41.4 Å². The molecule has 168 valence electrons. The molecule has 0 saturated heterocycles. The third kappa shape index (κ3) is 7.88. The molecule has 1 aromatic rings. The molecule has 0 aliphatic heterocycles. The topological polar surface area (TPSA) is 92.3 Å². The zero-order valence-electron chi connectivity index (χ0n) is 17.1. The fourth-order valence-electron chi connectivity index (χ4n) is 2.63. The van der Waals surface area contributed by atoms with E-state index in [1.54, 1.807) is 13.8 Å². The minimum atomic E-state index is -3.68. The molecule has 2 atom stereocenters. The first-order valence-corrected chi connectivity index (χ1v) is 12.6. The second-order valence-corrected chi connectivity index (χ2v) is 11.2. The van der Waals surface area contributed by atoms with Gasteiger partial charge in [0.1, 0.15) is 17.2 Å². The Kier molecular flexibility index (Phi) is 8.70. The van der Waals surface area contributed by atoms with Crippen LogP contribution in [0.5, 0.6) is 0 Å². The third-order valence-corrected chi connectivity index (χ3v) is 7.39. The number of halogens is 3. The smallest absolute Gasteiger partial charge is 0.211 e. The lowest BCUT2D eigenvalue weighted by Gasteiger charge is -2.25. The van der Waals surface area contributed by atoms with Gasteiger partial charge in [0.2, 0.25) is 20.0 Å². The molecule has 0 aliphatic rings. The number of alkyl halides is 2. The summed E-state index contributed by atoms with van der Waals surface area (Å²) >= 11 is 0. The Labute approximate surface area is 171 Å². The normalized spacial score (nSPS) is 16.9. The highest BCUT2D eigenvalue weighted by molar-refractivity contribution is 7.89. The van der Waals surface area contributed by atoms with Crippen molar-refractivity contribution in [1.29, 1.82) is 0 Å². The lowest BCUT2D eigenvalue weighted by Crippen LogP contribution is -2.38. The summed E-state index contributed by atoms with van der Waals surface area (Å²) < 4.78 is 95.4. The summed E-state index contributed by atoms with van der Waals surface area (Å²) in [6, 6.07) is 2.99. The van der Waals surface area contributed by atoms with E-state index in [0.29, 0.717) is 12.8 Å². The molecule has 1 rings (SSSR count). The van der Waals surface area contributed by atoms with E-state index in [1.165, 1.54) is 0 Å². The summed E-state index contributed by atoms with van der Waals surface area (Å²) in [4.78, 5) is 0. The van der Waals surface area contributed by atoms with Crippen LogP contribution in [0.15, 0.2) is 18.2 Å². The van der Waals surface area contributed by atoms with Crippen LogP contribution < -0.4 is 9.44 Å². The second kappa shape index (κ2) is 9.76. The SMILES string of the molecule is CCCS(=O)(=O)NCC(C)(F)c1ccc(C(C)(F)CNS(=O)(=O)CCC)c(F)c1. The number of rotatable bonds is 12. The van der Waals surface area contributed by atoms with Gasteiger partial charge in [-0.25, -0.2) is 39.5 Å². The van der Waals surface area contributed by atoms with Gasteiger partial charge >= 0.3 is 0 Å². The molecule has 0 aromatic heterocycles. The van der Waals surface area contributed by atoms with Gasteiger partial charge in [-0.2, -0.15) is 0 Å². The van der Waals surface area contributed by atoms with Crippen molar-refractivity contribution < 1.29 is 30.0 Å². The summed E-state index contributed by atoms with van der Waals surface area (Å²) in [7, 11) is -7.33. The summed E-state index contributed by atoms with van der Waals surface area (Å²) in [5.41, 5.74) is -5.18. The average molecular weight is 459 g/mol. The Morgan fingerprint density at radius 2 is 1.31 bits per heavy atom. The van der Waals surface area contributed by atoms with Crippen LogP contribution in [-0.2, 0) is 31.4 Å². The molecule has 29 heavy (non-hydrogen) atoms. The highest BCUT2D eigenvalue weighted by atomic mass is 32.2. The quantitative estimate of drug-likeness (QED) is 0.504. The first-order chi connectivity index (χ1) is 13.2. The Morgan fingerprint density at radius 3 is 1.72 bits per heavy atom. The maximum Gasteiger partial charge on any atom is 0.211 e. The van der Waals surface area contributed by atoms with Crippen molar-refractivity contribution in [2.75, 3.05) is 24.6 Å². The number of hydrogen-bond acceptors (Lipinski definition) is 4. The first kappa shape index (κ1) is 25.9. The van der Waals surface area contributed by atoms with Crippen molar-refractivity contribution in [3.8, 4) is 0 Å². The van der Waals surface area contributed by atoms with Gasteiger partial charge in [-0.15, -0.1) is 0 Å². The minimum Gasteiger partial charge on any atom is -0.238 e. The summed E-state index contributed by atoms with van der Waals surface area (Å²) in [5, 5.41) is 0. The Morgan fingerprint density at radius 1 is 0.862 bits per heavy atom. The van der Waals surface area contributed by atoms with Gasteiger partial charge < -0.3 is 0 Å². The molecule has 0 radical (unpaired) electrons. The van der Waals surface area contributed by atoms with Crippen LogP contribution in [0.25, 0.3) is 0 Å². The number of nitrogens with one attached hydrogen (secondary N) is 2. The van der Waals surface area contributed by atoms with E-state index < -0.39 is 55.9 Å². The maximum absolute atomic E-state index is 14.9. The molecule has 6 nitrogen and oxygen atoms in total. The van der Waals surface area contributed by atoms with Crippen LogP contribution in [0.3, 0.4) is 0 Å². The Bertz CT molecular complexity index is 902. The molecule has 0 amide bonds. The van der Waals surface area contributed by atoms with Crippen molar-refractivity contribution >= 4 is 20.0 Å². The van der Waals surface area contributed by atoms with Gasteiger partial charge in [0, 0.05) is 18.7 Å². The van der Waals surface area contributed by atoms with Crippen molar-refractivity contribution in [3.63, 3.8) is 0 Å². The maximum atomic E-state index is 14.9. The lowest BCUT2D eigenvalue weighted by molar-refractivity contribution is 0.185. The van der Waals surface area contributed by atoms with E-state index in [0.717, 1.165) is 32.0 Å². The van der Waals surface area contributed by atoms with Crippen molar-refractivity contribution in [2.45, 2.75) is 51.9 Å². The Hall–Kier alpha value is -1.17. The molecule has 2 N–H and O–H groups in total. The zero-order chi connectivity index (χ0) is 22.5. The fourth-order valence-corrected chi connectivity index (χ4v) is 4.98. The molecular formula is C18H29F3N2O4S2. The van der Waals surface area contributed by atoms with Crippen LogP contribution in [0.2, 0.25) is 0 Å². The molecule has 2 unspecified atom stereocenters. The molecule has 11 heteroatoms. The largest absolute Gasteiger partial charge is 0.238 e. The number of hydrogen-bond donors (Lipinski definition) is 2. The van der Waals surface area contributed by atoms with Gasteiger partial charge in [-0.05, 0) is 38.3 Å². The van der Waals surface area contributed by atoms with Gasteiger partial charge in [-0.1, -0.05) is 26.0 Å². The van der Waals surface area contributed by atoms with E-state index in [1.807, 2.05) is 0 Å². The molecule has 0 aliphatic carbocycles. The number of sulfonamides is 2. The minimum absolute atomic E-state index is 0.162. The Balaban J connectivity index is 2.99. The summed E-state index contributed by atoms with van der Waals surface area (Å²) in [5.74, 6) is -1.40. The van der Waals surface area contributed by atoms with Crippen LogP contribution >= 0.6 is 0 Å². The second-order valence-electron chi connectivity index (χ2n) is 7.37. The van der Waals surface area contributed by atoms with Crippen molar-refractivity contribution in [1.82, 2.24) is 9.44 Å². The first-order valence-electron chi connectivity index (χ1n) is 9.29. The van der Waals surface area contributed by atoms with E-state index in [-0.39, 0.29) is 17.1 Å². The predicted molar refractivity (Wildman–Crippen MR) is 107 cm³/mol. The van der Waals surface area contributed by atoms with Crippen LogP contribution in [0, 0.1) is 5.82 Å². The molecule has 0 fully saturated rings. The monoisotopic (exact) mass is 458 g/mol. The predicted octanol–water partition coefficient (Wildman–Crippen LogP) is 2.85. The summed E-state index contributed by atoms with van der Waals surface area (Å²) in [6.07, 6.45) is 0.706. The van der Waals surface area contributed by atoms with Crippen molar-refractivity contribution in [3.05, 3.63) is 35.1 Å². The molecule has 0 heterocycles. The molecule has 0 saturated carbocycles. The van der Waals surface area contributed by atoms with Crippen LogP contribution in [0.4, 0.5) is 13.2 Å². The molecular weight excluding hydrogens is 429 g/mol. The van der Waals surface area contributed by atoms with Gasteiger partial charge in [0.05, 0.1) is 11.5 Å². The highest BCUT2D eigenvalue weighted by Gasteiger charge is 2.34. The van der Waals surface area contributed by atoms with E-state index in [2.05, 4.69) is 9.44 Å². The van der Waals surface area contributed by atoms with E-state index in [4.69, 9.17) is 0 Å². The van der Waals surface area contributed by atoms with Gasteiger partial charge in [0.15, 0.2) is 0 Å². The molecule has 0 spiro atoms. The highest BCUT2D eigenvalue weighted by Crippen LogP contribution is 2.32. The zero-order valence-corrected chi connectivity index (χ0v) is 18.7. The fraction of sp³-hybridized carbons (Fsp3) is 0.667. The average Bonchev–Trinajstić information content (AvgIpc) is 2.58. The standard InChI is InChI=1S/C18H29F3N2O4S2/c1-5-9-28(24,25)22-12-17(3,20)14-7-8-15(16(19)11-14)18(4,21)13-23-29(26,27)10-6-2/h7-8,11,22-23H,5-6,9-10,12-13H2,1-4H3. The third-order valence-electron chi connectivity index (χ3n) is 4.33. The molecule has 1 aromatic carbocycles. The lowest BCUT2D eigenvalue weighted by atomic mass is 9.92.